The van der Waals surface area contributed by atoms with E-state index in [1.54, 1.807) is 20.8 Å². The molecule has 6 heteroatoms. The molecular formula is C11H21NO5. The van der Waals surface area contributed by atoms with Crippen molar-refractivity contribution in [3.63, 3.8) is 0 Å². The van der Waals surface area contributed by atoms with Gasteiger partial charge in [-0.1, -0.05) is 0 Å². The first-order chi connectivity index (χ1) is 7.76. The number of aliphatic hydroxyl groups is 1. The maximum Gasteiger partial charge on any atom is 0.407 e. The van der Waals surface area contributed by atoms with Crippen molar-refractivity contribution < 1.29 is 24.2 Å². The first-order valence-corrected chi connectivity index (χ1v) is 5.49. The lowest BCUT2D eigenvalue weighted by Gasteiger charge is -2.19. The molecular weight excluding hydrogens is 226 g/mol. The molecule has 0 aromatic carbocycles. The van der Waals surface area contributed by atoms with E-state index in [1.165, 1.54) is 7.11 Å². The van der Waals surface area contributed by atoms with Crippen molar-refractivity contribution in [1.82, 2.24) is 5.32 Å². The lowest BCUT2D eigenvalue weighted by molar-refractivity contribution is -0.150. The SMILES string of the molecule is COC(=O)C(O)CCCNC(=O)OC(C)(C)C. The van der Waals surface area contributed by atoms with Crippen molar-refractivity contribution >= 4 is 12.1 Å². The molecule has 6 nitrogen and oxygen atoms in total. The number of methoxy groups -OCH3 is 1. The summed E-state index contributed by atoms with van der Waals surface area (Å²) in [4.78, 5) is 22.0. The third-order valence-electron chi connectivity index (χ3n) is 1.80. The molecule has 0 aliphatic heterocycles. The number of nitrogens with one attached hydrogen (secondary N) is 1. The highest BCUT2D eigenvalue weighted by atomic mass is 16.6. The largest absolute Gasteiger partial charge is 0.467 e. The molecule has 0 spiro atoms. The highest BCUT2D eigenvalue weighted by molar-refractivity contribution is 5.74. The summed E-state index contributed by atoms with van der Waals surface area (Å²) in [5.41, 5.74) is -0.532. The molecule has 0 aromatic rings. The first-order valence-electron chi connectivity index (χ1n) is 5.49. The van der Waals surface area contributed by atoms with Gasteiger partial charge in [0.15, 0.2) is 6.10 Å². The van der Waals surface area contributed by atoms with Gasteiger partial charge in [0, 0.05) is 6.54 Å². The lowest BCUT2D eigenvalue weighted by Crippen LogP contribution is -2.33. The average Bonchev–Trinajstić information content (AvgIpc) is 2.20. The lowest BCUT2D eigenvalue weighted by atomic mass is 10.2. The Morgan fingerprint density at radius 1 is 1.35 bits per heavy atom. The van der Waals surface area contributed by atoms with E-state index in [9.17, 15) is 14.7 Å². The number of alkyl carbamates (subject to hydrolysis) is 1. The minimum Gasteiger partial charge on any atom is -0.467 e. The predicted octanol–water partition coefficient (Wildman–Crippen LogP) is 0.825. The van der Waals surface area contributed by atoms with Crippen molar-refractivity contribution in [3.05, 3.63) is 0 Å². The molecule has 2 N–H and O–H groups in total. The molecule has 0 rings (SSSR count). The summed E-state index contributed by atoms with van der Waals surface area (Å²) < 4.78 is 9.36. The van der Waals surface area contributed by atoms with Crippen LogP contribution in [0.25, 0.3) is 0 Å². The topological polar surface area (TPSA) is 84.9 Å². The molecule has 0 bridgehead atoms. The van der Waals surface area contributed by atoms with E-state index in [0.717, 1.165) is 0 Å². The van der Waals surface area contributed by atoms with Gasteiger partial charge in [-0.3, -0.25) is 0 Å². The monoisotopic (exact) mass is 247 g/mol. The summed E-state index contributed by atoms with van der Waals surface area (Å²) >= 11 is 0. The standard InChI is InChI=1S/C11H21NO5/c1-11(2,3)17-10(15)12-7-5-6-8(13)9(14)16-4/h8,13H,5-7H2,1-4H3,(H,12,15). The van der Waals surface area contributed by atoms with Gasteiger partial charge < -0.3 is 19.9 Å². The molecule has 0 fully saturated rings. The van der Waals surface area contributed by atoms with E-state index in [0.29, 0.717) is 13.0 Å². The van der Waals surface area contributed by atoms with E-state index >= 15 is 0 Å². The van der Waals surface area contributed by atoms with Gasteiger partial charge in [-0.05, 0) is 33.6 Å². The highest BCUT2D eigenvalue weighted by Crippen LogP contribution is 2.06. The first kappa shape index (κ1) is 15.7. The Morgan fingerprint density at radius 3 is 2.41 bits per heavy atom. The zero-order valence-electron chi connectivity index (χ0n) is 10.8. The normalized spacial score (nSPS) is 12.8. The Hall–Kier alpha value is -1.30. The molecule has 1 atom stereocenters. The van der Waals surface area contributed by atoms with E-state index in [2.05, 4.69) is 10.1 Å². The van der Waals surface area contributed by atoms with Crippen LogP contribution in [0, 0.1) is 0 Å². The van der Waals surface area contributed by atoms with E-state index in [1.807, 2.05) is 0 Å². The average molecular weight is 247 g/mol. The highest BCUT2D eigenvalue weighted by Gasteiger charge is 2.17. The second-order valence-electron chi connectivity index (χ2n) is 4.61. The van der Waals surface area contributed by atoms with E-state index in [-0.39, 0.29) is 6.42 Å². The number of ether oxygens (including phenoxy) is 2. The van der Waals surface area contributed by atoms with Crippen LogP contribution in [0.3, 0.4) is 0 Å². The summed E-state index contributed by atoms with van der Waals surface area (Å²) in [7, 11) is 1.21. The van der Waals surface area contributed by atoms with Crippen molar-refractivity contribution in [2.45, 2.75) is 45.3 Å². The van der Waals surface area contributed by atoms with Crippen LogP contribution in [0.5, 0.6) is 0 Å². The molecule has 0 saturated heterocycles. The molecule has 1 amide bonds. The molecule has 0 radical (unpaired) electrons. The molecule has 17 heavy (non-hydrogen) atoms. The third kappa shape index (κ3) is 8.50. The maximum atomic E-state index is 11.2. The smallest absolute Gasteiger partial charge is 0.407 e. The van der Waals surface area contributed by atoms with Crippen LogP contribution in [0.2, 0.25) is 0 Å². The number of carbonyl (C=O) groups is 2. The summed E-state index contributed by atoms with van der Waals surface area (Å²) in [5, 5.41) is 11.8. The number of rotatable bonds is 5. The van der Waals surface area contributed by atoms with Crippen LogP contribution in [0.4, 0.5) is 4.79 Å². The maximum absolute atomic E-state index is 11.2. The van der Waals surface area contributed by atoms with Crippen molar-refractivity contribution in [2.75, 3.05) is 13.7 Å². The summed E-state index contributed by atoms with van der Waals surface area (Å²) in [6, 6.07) is 0. The number of hydrogen-bond acceptors (Lipinski definition) is 5. The number of aliphatic hydroxyl groups excluding tert-OH is 1. The van der Waals surface area contributed by atoms with Crippen molar-refractivity contribution in [2.24, 2.45) is 0 Å². The Labute approximate surface area is 101 Å². The molecule has 0 aromatic heterocycles. The molecule has 0 aliphatic carbocycles. The van der Waals surface area contributed by atoms with Crippen LogP contribution >= 0.6 is 0 Å². The van der Waals surface area contributed by atoms with Crippen molar-refractivity contribution in [3.8, 4) is 0 Å². The molecule has 0 aliphatic rings. The molecule has 0 heterocycles. The fraction of sp³-hybridized carbons (Fsp3) is 0.818. The van der Waals surface area contributed by atoms with Gasteiger partial charge in [-0.2, -0.15) is 0 Å². The van der Waals surface area contributed by atoms with E-state index < -0.39 is 23.8 Å². The minimum atomic E-state index is -1.14. The number of amides is 1. The Kier molecular flexibility index (Phi) is 6.57. The van der Waals surface area contributed by atoms with Crippen molar-refractivity contribution in [1.29, 1.82) is 0 Å². The molecule has 0 saturated carbocycles. The fourth-order valence-electron chi connectivity index (χ4n) is 1.05. The number of esters is 1. The quantitative estimate of drug-likeness (QED) is 0.555. The van der Waals surface area contributed by atoms with Crippen LogP contribution in [0.1, 0.15) is 33.6 Å². The molecule has 100 valence electrons. The number of hydrogen-bond donors (Lipinski definition) is 2. The fourth-order valence-corrected chi connectivity index (χ4v) is 1.05. The van der Waals surface area contributed by atoms with Gasteiger partial charge >= 0.3 is 12.1 Å². The molecule has 1 unspecified atom stereocenters. The third-order valence-corrected chi connectivity index (χ3v) is 1.80. The zero-order valence-corrected chi connectivity index (χ0v) is 10.8. The summed E-state index contributed by atoms with van der Waals surface area (Å²) in [5.74, 6) is -0.665. The minimum absolute atomic E-state index is 0.239. The van der Waals surface area contributed by atoms with Gasteiger partial charge in [0.25, 0.3) is 0 Å². The summed E-state index contributed by atoms with van der Waals surface area (Å²) in [6.45, 7) is 5.65. The number of carbonyl (C=O) groups excluding carboxylic acids is 2. The van der Waals surface area contributed by atoms with E-state index in [4.69, 9.17) is 4.74 Å². The van der Waals surface area contributed by atoms with Gasteiger partial charge in [-0.25, -0.2) is 9.59 Å². The van der Waals surface area contributed by atoms with Gasteiger partial charge in [0.2, 0.25) is 0 Å². The predicted molar refractivity (Wildman–Crippen MR) is 61.5 cm³/mol. The van der Waals surface area contributed by atoms with Gasteiger partial charge in [0.1, 0.15) is 5.60 Å². The second kappa shape index (κ2) is 7.11. The Morgan fingerprint density at radius 2 is 1.94 bits per heavy atom. The zero-order chi connectivity index (χ0) is 13.5. The Bertz CT molecular complexity index is 259. The van der Waals surface area contributed by atoms with Crippen LogP contribution in [-0.2, 0) is 14.3 Å². The van der Waals surface area contributed by atoms with Crippen LogP contribution in [-0.4, -0.2) is 42.5 Å². The van der Waals surface area contributed by atoms with Gasteiger partial charge in [0.05, 0.1) is 7.11 Å². The van der Waals surface area contributed by atoms with Crippen LogP contribution < -0.4 is 5.32 Å². The summed E-state index contributed by atoms with van der Waals surface area (Å²) in [6.07, 6.45) is -0.941. The second-order valence-corrected chi connectivity index (χ2v) is 4.61. The van der Waals surface area contributed by atoms with Crippen LogP contribution in [0.15, 0.2) is 0 Å². The Balaban J connectivity index is 3.65. The van der Waals surface area contributed by atoms with Gasteiger partial charge in [-0.15, -0.1) is 0 Å².